The Morgan fingerprint density at radius 3 is 2.48 bits per heavy atom. The zero-order chi connectivity index (χ0) is 23.1. The SMILES string of the molecule is CCn1c(=O)n(CC)c2cc(CN3CCC(Nc4nc(C)nc5sc(C)cc45)CC3)ccc21. The molecule has 7 nitrogen and oxygen atoms in total. The molecule has 1 fully saturated rings. The van der Waals surface area contributed by atoms with Gasteiger partial charge in [-0.25, -0.2) is 14.8 Å². The summed E-state index contributed by atoms with van der Waals surface area (Å²) in [4.78, 5) is 26.8. The Labute approximate surface area is 198 Å². The van der Waals surface area contributed by atoms with Gasteiger partial charge in [-0.05, 0) is 64.3 Å². The van der Waals surface area contributed by atoms with Crippen LogP contribution < -0.4 is 11.0 Å². The van der Waals surface area contributed by atoms with Crippen molar-refractivity contribution in [2.45, 2.75) is 66.2 Å². The number of likely N-dealkylation sites (tertiary alicyclic amines) is 1. The standard InChI is InChI=1S/C25H32N6OS/c1-5-30-21-8-7-18(14-22(21)31(6-2)25(30)32)15-29-11-9-19(10-12-29)28-23-20-13-16(3)33-24(20)27-17(4)26-23/h7-8,13-14,19H,5-6,9-12,15H2,1-4H3,(H,26,27,28). The van der Waals surface area contributed by atoms with Crippen molar-refractivity contribution >= 4 is 38.4 Å². The maximum Gasteiger partial charge on any atom is 0.329 e. The summed E-state index contributed by atoms with van der Waals surface area (Å²) in [6, 6.07) is 9.11. The van der Waals surface area contributed by atoms with Crippen molar-refractivity contribution in [1.29, 1.82) is 0 Å². The van der Waals surface area contributed by atoms with Gasteiger partial charge in [0.25, 0.3) is 0 Å². The first-order valence-corrected chi connectivity index (χ1v) is 12.7. The molecule has 3 aromatic heterocycles. The third-order valence-electron chi connectivity index (χ3n) is 6.68. The lowest BCUT2D eigenvalue weighted by Gasteiger charge is -2.32. The fraction of sp³-hybridized carbons (Fsp3) is 0.480. The van der Waals surface area contributed by atoms with E-state index >= 15 is 0 Å². The number of rotatable bonds is 6. The molecule has 4 aromatic rings. The molecule has 33 heavy (non-hydrogen) atoms. The summed E-state index contributed by atoms with van der Waals surface area (Å²) in [7, 11) is 0. The van der Waals surface area contributed by atoms with Gasteiger partial charge in [-0.15, -0.1) is 11.3 Å². The summed E-state index contributed by atoms with van der Waals surface area (Å²) in [5.41, 5.74) is 3.44. The minimum atomic E-state index is 0.0916. The van der Waals surface area contributed by atoms with Crippen LogP contribution in [0.3, 0.4) is 0 Å². The van der Waals surface area contributed by atoms with Gasteiger partial charge >= 0.3 is 5.69 Å². The topological polar surface area (TPSA) is 68.0 Å². The largest absolute Gasteiger partial charge is 0.367 e. The average molecular weight is 465 g/mol. The highest BCUT2D eigenvalue weighted by molar-refractivity contribution is 7.18. The number of fused-ring (bicyclic) bond motifs is 2. The number of piperidine rings is 1. The molecule has 0 radical (unpaired) electrons. The zero-order valence-corrected chi connectivity index (χ0v) is 20.7. The van der Waals surface area contributed by atoms with E-state index in [-0.39, 0.29) is 5.69 Å². The van der Waals surface area contributed by atoms with Crippen molar-refractivity contribution in [2.75, 3.05) is 18.4 Å². The minimum Gasteiger partial charge on any atom is -0.367 e. The van der Waals surface area contributed by atoms with Crippen molar-refractivity contribution in [3.05, 3.63) is 51.0 Å². The van der Waals surface area contributed by atoms with E-state index < -0.39 is 0 Å². The Morgan fingerprint density at radius 1 is 1.03 bits per heavy atom. The Kier molecular flexibility index (Phi) is 5.97. The molecular formula is C25H32N6OS. The first-order chi connectivity index (χ1) is 16.0. The number of aromatic nitrogens is 4. The van der Waals surface area contributed by atoms with Crippen LogP contribution in [-0.2, 0) is 19.6 Å². The molecule has 0 bridgehead atoms. The summed E-state index contributed by atoms with van der Waals surface area (Å²) in [6.07, 6.45) is 2.17. The second-order valence-electron chi connectivity index (χ2n) is 8.98. The van der Waals surface area contributed by atoms with E-state index in [1.165, 1.54) is 10.4 Å². The highest BCUT2D eigenvalue weighted by Crippen LogP contribution is 2.30. The predicted octanol–water partition coefficient (Wildman–Crippen LogP) is 4.54. The Hall–Kier alpha value is -2.71. The fourth-order valence-electron chi connectivity index (χ4n) is 5.02. The third kappa shape index (κ3) is 4.17. The smallest absolute Gasteiger partial charge is 0.329 e. The lowest BCUT2D eigenvalue weighted by molar-refractivity contribution is 0.211. The van der Waals surface area contributed by atoms with Crippen LogP contribution in [0.1, 0.15) is 43.0 Å². The van der Waals surface area contributed by atoms with E-state index in [9.17, 15) is 4.79 Å². The molecule has 0 spiro atoms. The van der Waals surface area contributed by atoms with Gasteiger partial charge in [-0.2, -0.15) is 0 Å². The van der Waals surface area contributed by atoms with Gasteiger partial charge in [0.15, 0.2) is 0 Å². The maximum atomic E-state index is 12.6. The van der Waals surface area contributed by atoms with Crippen LogP contribution in [0.25, 0.3) is 21.3 Å². The summed E-state index contributed by atoms with van der Waals surface area (Å²) in [5, 5.41) is 4.84. The number of nitrogens with zero attached hydrogens (tertiary/aromatic N) is 5. The van der Waals surface area contributed by atoms with Crippen molar-refractivity contribution in [2.24, 2.45) is 0 Å². The molecule has 0 amide bonds. The number of hydrogen-bond acceptors (Lipinski definition) is 6. The van der Waals surface area contributed by atoms with Crippen LogP contribution in [0, 0.1) is 13.8 Å². The molecule has 1 aliphatic rings. The highest BCUT2D eigenvalue weighted by Gasteiger charge is 2.21. The zero-order valence-electron chi connectivity index (χ0n) is 19.9. The molecule has 1 aromatic carbocycles. The number of nitrogens with one attached hydrogen (secondary N) is 1. The molecule has 5 rings (SSSR count). The van der Waals surface area contributed by atoms with Crippen LogP contribution in [-0.4, -0.2) is 43.1 Å². The predicted molar refractivity (Wildman–Crippen MR) is 136 cm³/mol. The molecule has 8 heteroatoms. The van der Waals surface area contributed by atoms with Crippen LogP contribution in [0.4, 0.5) is 5.82 Å². The first-order valence-electron chi connectivity index (χ1n) is 11.9. The summed E-state index contributed by atoms with van der Waals surface area (Å²) in [5.74, 6) is 1.80. The van der Waals surface area contributed by atoms with Crippen LogP contribution in [0.5, 0.6) is 0 Å². The van der Waals surface area contributed by atoms with Crippen molar-refractivity contribution in [1.82, 2.24) is 24.0 Å². The van der Waals surface area contributed by atoms with E-state index in [0.717, 1.165) is 65.4 Å². The summed E-state index contributed by atoms with van der Waals surface area (Å²) >= 11 is 1.73. The van der Waals surface area contributed by atoms with E-state index in [1.54, 1.807) is 11.3 Å². The number of imidazole rings is 1. The van der Waals surface area contributed by atoms with Gasteiger partial charge in [0.1, 0.15) is 16.5 Å². The molecule has 0 unspecified atom stereocenters. The van der Waals surface area contributed by atoms with E-state index in [2.05, 4.69) is 46.4 Å². The number of anilines is 1. The molecular weight excluding hydrogens is 432 g/mol. The second-order valence-corrected chi connectivity index (χ2v) is 10.2. The molecule has 174 valence electrons. The molecule has 0 atom stereocenters. The quantitative estimate of drug-likeness (QED) is 0.454. The van der Waals surface area contributed by atoms with Gasteiger partial charge in [-0.3, -0.25) is 14.0 Å². The summed E-state index contributed by atoms with van der Waals surface area (Å²) < 4.78 is 3.75. The molecule has 4 heterocycles. The van der Waals surface area contributed by atoms with Crippen molar-refractivity contribution in [3.63, 3.8) is 0 Å². The first kappa shape index (κ1) is 22.1. The third-order valence-corrected chi connectivity index (χ3v) is 7.62. The Bertz CT molecular complexity index is 1360. The van der Waals surface area contributed by atoms with E-state index in [0.29, 0.717) is 19.1 Å². The Balaban J connectivity index is 1.27. The maximum absolute atomic E-state index is 12.6. The average Bonchev–Trinajstić information content (AvgIpc) is 3.30. The van der Waals surface area contributed by atoms with Gasteiger partial charge in [0, 0.05) is 43.6 Å². The summed E-state index contributed by atoms with van der Waals surface area (Å²) in [6.45, 7) is 12.6. The van der Waals surface area contributed by atoms with Crippen molar-refractivity contribution in [3.8, 4) is 0 Å². The highest BCUT2D eigenvalue weighted by atomic mass is 32.1. The lowest BCUT2D eigenvalue weighted by Crippen LogP contribution is -2.38. The molecule has 1 saturated heterocycles. The number of thiophene rings is 1. The van der Waals surface area contributed by atoms with Crippen LogP contribution in [0.15, 0.2) is 29.1 Å². The van der Waals surface area contributed by atoms with Crippen LogP contribution >= 0.6 is 11.3 Å². The van der Waals surface area contributed by atoms with Crippen LogP contribution in [0.2, 0.25) is 0 Å². The van der Waals surface area contributed by atoms with Gasteiger partial charge in [0.2, 0.25) is 0 Å². The molecule has 0 saturated carbocycles. The van der Waals surface area contributed by atoms with E-state index in [4.69, 9.17) is 4.98 Å². The molecule has 0 aliphatic carbocycles. The lowest BCUT2D eigenvalue weighted by atomic mass is 10.0. The number of aryl methyl sites for hydroxylation is 4. The minimum absolute atomic E-state index is 0.0916. The van der Waals surface area contributed by atoms with Gasteiger partial charge < -0.3 is 5.32 Å². The number of hydrogen-bond donors (Lipinski definition) is 1. The molecule has 1 aliphatic heterocycles. The van der Waals surface area contributed by atoms with Gasteiger partial charge in [0.05, 0.1) is 16.4 Å². The normalized spacial score (nSPS) is 15.6. The van der Waals surface area contributed by atoms with Crippen molar-refractivity contribution < 1.29 is 0 Å². The van der Waals surface area contributed by atoms with E-state index in [1.807, 2.05) is 29.9 Å². The number of benzene rings is 1. The van der Waals surface area contributed by atoms with Gasteiger partial charge in [-0.1, -0.05) is 6.07 Å². The monoisotopic (exact) mass is 464 g/mol. The second kappa shape index (κ2) is 8.91. The Morgan fingerprint density at radius 2 is 1.76 bits per heavy atom. The fourth-order valence-corrected chi connectivity index (χ4v) is 5.95. The molecule has 1 N–H and O–H groups in total.